The van der Waals surface area contributed by atoms with E-state index in [1.807, 2.05) is 11.9 Å². The van der Waals surface area contributed by atoms with Crippen LogP contribution in [0.4, 0.5) is 0 Å². The van der Waals surface area contributed by atoms with Crippen LogP contribution in [0.2, 0.25) is 0 Å². The third-order valence-corrected chi connectivity index (χ3v) is 3.99. The van der Waals surface area contributed by atoms with Crippen LogP contribution >= 0.6 is 0 Å². The average Bonchev–Trinajstić information content (AvgIpc) is 1.95. The minimum absolute atomic E-state index is 0. The first kappa shape index (κ1) is 14.8. The molecule has 0 amide bonds. The molecule has 7 heteroatoms. The van der Waals surface area contributed by atoms with Crippen molar-refractivity contribution in [3.05, 3.63) is 0 Å². The Kier molecular flexibility index (Phi) is 5.06. The summed E-state index contributed by atoms with van der Waals surface area (Å²) in [6.45, 7) is 2.22. The molecule has 0 aromatic rings. The number of hydrogen-bond donors (Lipinski definition) is 1. The fourth-order valence-electron chi connectivity index (χ4n) is 1.52. The summed E-state index contributed by atoms with van der Waals surface area (Å²) in [5.74, 6) is 0. The van der Waals surface area contributed by atoms with Crippen LogP contribution in [-0.2, 0) is 10.1 Å². The average molecular weight is 231 g/mol. The van der Waals surface area contributed by atoms with Crippen molar-refractivity contribution in [3.63, 3.8) is 0 Å². The minimum Gasteiger partial charge on any atom is -0.746 e. The molecule has 5 nitrogen and oxygen atoms in total. The van der Waals surface area contributed by atoms with Crippen LogP contribution in [0.5, 0.6) is 0 Å². The zero-order valence-corrected chi connectivity index (χ0v) is 11.5. The van der Waals surface area contributed by atoms with E-state index in [4.69, 9.17) is 0 Å². The molecule has 2 unspecified atom stereocenters. The van der Waals surface area contributed by atoms with Crippen molar-refractivity contribution in [1.82, 2.24) is 4.90 Å². The topological polar surface area (TPSA) is 80.7 Å². The summed E-state index contributed by atoms with van der Waals surface area (Å²) in [6, 6.07) is -0.0810. The van der Waals surface area contributed by atoms with E-state index in [2.05, 4.69) is 0 Å². The van der Waals surface area contributed by atoms with Crippen molar-refractivity contribution >= 4 is 10.1 Å². The molecule has 2 atom stereocenters. The van der Waals surface area contributed by atoms with E-state index in [-0.39, 0.29) is 48.4 Å². The Bertz CT molecular complexity index is 294. The van der Waals surface area contributed by atoms with Crippen molar-refractivity contribution in [2.75, 3.05) is 13.6 Å². The summed E-state index contributed by atoms with van der Waals surface area (Å²) in [4.78, 5) is -0.140. The SMILES string of the molecule is CC1CC(O)(S(=O)(=O)[O-])CCN1C.[Na+]. The van der Waals surface area contributed by atoms with E-state index in [0.717, 1.165) is 0 Å². The summed E-state index contributed by atoms with van der Waals surface area (Å²) in [5.41, 5.74) is 0. The summed E-state index contributed by atoms with van der Waals surface area (Å²) >= 11 is 0. The predicted octanol–water partition coefficient (Wildman–Crippen LogP) is -3.66. The quantitative estimate of drug-likeness (QED) is 0.371. The van der Waals surface area contributed by atoms with Crippen molar-refractivity contribution in [2.45, 2.75) is 30.7 Å². The molecule has 0 bridgehead atoms. The number of aliphatic hydroxyl groups is 1. The Labute approximate surface area is 107 Å². The Morgan fingerprint density at radius 3 is 2.43 bits per heavy atom. The van der Waals surface area contributed by atoms with Gasteiger partial charge in [0, 0.05) is 25.4 Å². The van der Waals surface area contributed by atoms with E-state index in [1.165, 1.54) is 0 Å². The van der Waals surface area contributed by atoms with Crippen molar-refractivity contribution in [1.29, 1.82) is 0 Å². The smallest absolute Gasteiger partial charge is 0.746 e. The number of hydrogen-bond acceptors (Lipinski definition) is 5. The molecule has 1 aliphatic heterocycles. The molecule has 1 aliphatic rings. The standard InChI is InChI=1S/C7H15NO4S.Na/c1-6-5-7(9,13(10,11)12)3-4-8(6)2;/h6,9H,3-5H2,1-2H3,(H,10,11,12);/q;+1/p-1. The second-order valence-corrected chi connectivity index (χ2v) is 5.35. The fourth-order valence-corrected chi connectivity index (χ4v) is 2.30. The molecule has 14 heavy (non-hydrogen) atoms. The van der Waals surface area contributed by atoms with E-state index >= 15 is 0 Å². The van der Waals surface area contributed by atoms with Gasteiger partial charge in [-0.2, -0.15) is 0 Å². The normalized spacial score (nSPS) is 35.0. The molecular weight excluding hydrogens is 217 g/mol. The second-order valence-electron chi connectivity index (χ2n) is 3.68. The van der Waals surface area contributed by atoms with Crippen LogP contribution in [0.25, 0.3) is 0 Å². The molecular formula is C7H14NNaO4S. The van der Waals surface area contributed by atoms with Gasteiger partial charge in [-0.15, -0.1) is 0 Å². The molecule has 0 aromatic carbocycles. The first-order chi connectivity index (χ1) is 5.76. The maximum Gasteiger partial charge on any atom is 1.00 e. The van der Waals surface area contributed by atoms with Crippen LogP contribution < -0.4 is 29.6 Å². The third-order valence-electron chi connectivity index (χ3n) is 2.69. The van der Waals surface area contributed by atoms with Gasteiger partial charge in [0.2, 0.25) is 0 Å². The molecule has 0 spiro atoms. The summed E-state index contributed by atoms with van der Waals surface area (Å²) in [7, 11) is -2.77. The van der Waals surface area contributed by atoms with E-state index < -0.39 is 15.1 Å². The predicted molar refractivity (Wildman–Crippen MR) is 46.0 cm³/mol. The Morgan fingerprint density at radius 2 is 2.07 bits per heavy atom. The molecule has 1 fully saturated rings. The van der Waals surface area contributed by atoms with E-state index in [0.29, 0.717) is 6.54 Å². The van der Waals surface area contributed by atoms with Gasteiger partial charge in [-0.1, -0.05) is 0 Å². The number of likely N-dealkylation sites (tertiary alicyclic amines) is 1. The fraction of sp³-hybridized carbons (Fsp3) is 1.00. The van der Waals surface area contributed by atoms with Crippen LogP contribution in [0.1, 0.15) is 19.8 Å². The molecule has 78 valence electrons. The van der Waals surface area contributed by atoms with Gasteiger partial charge in [-0.25, -0.2) is 8.42 Å². The summed E-state index contributed by atoms with van der Waals surface area (Å²) in [5, 5.41) is 9.57. The molecule has 0 aliphatic carbocycles. The Balaban J connectivity index is 0.00000169. The van der Waals surface area contributed by atoms with Gasteiger partial charge in [0.05, 0.1) is 0 Å². The van der Waals surface area contributed by atoms with Gasteiger partial charge < -0.3 is 14.6 Å². The minimum atomic E-state index is -4.60. The summed E-state index contributed by atoms with van der Waals surface area (Å²) in [6.07, 6.45) is -0.00495. The molecule has 0 aromatic heterocycles. The number of nitrogens with zero attached hydrogens (tertiary/aromatic N) is 1. The van der Waals surface area contributed by atoms with E-state index in [1.54, 1.807) is 6.92 Å². The zero-order chi connectivity index (χ0) is 10.3. The monoisotopic (exact) mass is 231 g/mol. The maximum absolute atomic E-state index is 10.7. The summed E-state index contributed by atoms with van der Waals surface area (Å²) < 4.78 is 32.2. The van der Waals surface area contributed by atoms with E-state index in [9.17, 15) is 18.1 Å². The molecule has 1 rings (SSSR count). The van der Waals surface area contributed by atoms with Gasteiger partial charge >= 0.3 is 29.6 Å². The molecule has 0 saturated carbocycles. The van der Waals surface area contributed by atoms with Gasteiger partial charge in [0.25, 0.3) is 0 Å². The van der Waals surface area contributed by atoms with Crippen LogP contribution in [-0.4, -0.2) is 47.5 Å². The Hall–Kier alpha value is 0.830. The van der Waals surface area contributed by atoms with Crippen molar-refractivity contribution in [2.24, 2.45) is 0 Å². The molecule has 1 saturated heterocycles. The van der Waals surface area contributed by atoms with Gasteiger partial charge in [0.15, 0.2) is 4.93 Å². The van der Waals surface area contributed by atoms with Crippen LogP contribution in [0, 0.1) is 0 Å². The van der Waals surface area contributed by atoms with Crippen LogP contribution in [0.3, 0.4) is 0 Å². The Morgan fingerprint density at radius 1 is 1.57 bits per heavy atom. The number of piperidine rings is 1. The first-order valence-corrected chi connectivity index (χ1v) is 5.55. The first-order valence-electron chi connectivity index (χ1n) is 4.14. The molecule has 1 N–H and O–H groups in total. The maximum atomic E-state index is 10.7. The molecule has 1 heterocycles. The van der Waals surface area contributed by atoms with Gasteiger partial charge in [-0.05, 0) is 14.0 Å². The van der Waals surface area contributed by atoms with Crippen molar-refractivity contribution in [3.8, 4) is 0 Å². The van der Waals surface area contributed by atoms with Gasteiger partial charge in [-0.3, -0.25) is 0 Å². The van der Waals surface area contributed by atoms with Crippen LogP contribution in [0.15, 0.2) is 0 Å². The van der Waals surface area contributed by atoms with Gasteiger partial charge in [0.1, 0.15) is 10.1 Å². The second kappa shape index (κ2) is 4.78. The van der Waals surface area contributed by atoms with Crippen molar-refractivity contribution < 1.29 is 47.6 Å². The molecule has 0 radical (unpaired) electrons. The number of rotatable bonds is 1. The largest absolute Gasteiger partial charge is 1.00 e. The zero-order valence-electron chi connectivity index (χ0n) is 8.73. The third kappa shape index (κ3) is 2.91.